The molecule has 0 aromatic heterocycles. The molecule has 4 heteroatoms. The maximum Gasteiger partial charge on any atom is 0.269 e. The number of fused-ring (bicyclic) bond motifs is 1. The molecule has 3 rings (SSSR count). The lowest BCUT2D eigenvalue weighted by Crippen LogP contribution is -2.31. The Balaban J connectivity index is 1.71. The predicted octanol–water partition coefficient (Wildman–Crippen LogP) is 3.19. The van der Waals surface area contributed by atoms with Crippen molar-refractivity contribution in [1.29, 1.82) is 0 Å². The minimum absolute atomic E-state index is 0.195. The van der Waals surface area contributed by atoms with Crippen LogP contribution in [-0.2, 0) is 19.4 Å². The molecule has 2 aromatic carbocycles. The van der Waals surface area contributed by atoms with Crippen molar-refractivity contribution in [2.75, 3.05) is 7.05 Å². The number of non-ortho nitro benzene ring substituents is 1. The number of hydrogen-bond donors (Lipinski definition) is 0. The fraction of sp³-hybridized carbons (Fsp3) is 0.294. The molecule has 108 valence electrons. The zero-order valence-electron chi connectivity index (χ0n) is 12.0. The van der Waals surface area contributed by atoms with Crippen molar-refractivity contribution in [2.45, 2.75) is 25.4 Å². The standard InChI is InChI=1S/C17H18N2O2/c1-18(12-13-5-3-2-4-6-13)17-9-14-7-8-16(19(20)21)10-15(14)11-17/h2-8,10,17H,9,11-12H2,1H3. The van der Waals surface area contributed by atoms with Crippen molar-refractivity contribution in [1.82, 2.24) is 4.90 Å². The van der Waals surface area contributed by atoms with Gasteiger partial charge in [0.15, 0.2) is 0 Å². The highest BCUT2D eigenvalue weighted by Crippen LogP contribution is 2.29. The zero-order valence-corrected chi connectivity index (χ0v) is 12.0. The maximum absolute atomic E-state index is 10.9. The van der Waals surface area contributed by atoms with E-state index in [0.29, 0.717) is 6.04 Å². The van der Waals surface area contributed by atoms with Gasteiger partial charge in [-0.25, -0.2) is 0 Å². The third-order valence-corrected chi connectivity index (χ3v) is 4.21. The summed E-state index contributed by atoms with van der Waals surface area (Å²) in [6.45, 7) is 0.904. The molecular formula is C17H18N2O2. The van der Waals surface area contributed by atoms with E-state index in [0.717, 1.165) is 24.9 Å². The van der Waals surface area contributed by atoms with Gasteiger partial charge in [-0.15, -0.1) is 0 Å². The Morgan fingerprint density at radius 1 is 1.14 bits per heavy atom. The summed E-state index contributed by atoms with van der Waals surface area (Å²) in [5.74, 6) is 0. The summed E-state index contributed by atoms with van der Waals surface area (Å²) < 4.78 is 0. The molecule has 4 nitrogen and oxygen atoms in total. The van der Waals surface area contributed by atoms with E-state index >= 15 is 0 Å². The molecule has 1 unspecified atom stereocenters. The summed E-state index contributed by atoms with van der Waals surface area (Å²) in [6.07, 6.45) is 1.86. The van der Waals surface area contributed by atoms with Crippen molar-refractivity contribution < 1.29 is 4.92 Å². The van der Waals surface area contributed by atoms with Gasteiger partial charge in [-0.05, 0) is 36.6 Å². The van der Waals surface area contributed by atoms with E-state index in [9.17, 15) is 10.1 Å². The van der Waals surface area contributed by atoms with Gasteiger partial charge in [0, 0.05) is 24.7 Å². The fourth-order valence-corrected chi connectivity index (χ4v) is 3.01. The molecule has 0 saturated heterocycles. The molecule has 0 bridgehead atoms. The van der Waals surface area contributed by atoms with Gasteiger partial charge in [0.25, 0.3) is 5.69 Å². The molecular weight excluding hydrogens is 264 g/mol. The molecule has 0 spiro atoms. The third-order valence-electron chi connectivity index (χ3n) is 4.21. The van der Waals surface area contributed by atoms with Gasteiger partial charge in [0.2, 0.25) is 0 Å². The lowest BCUT2D eigenvalue weighted by atomic mass is 10.1. The van der Waals surface area contributed by atoms with Gasteiger partial charge in [-0.3, -0.25) is 15.0 Å². The van der Waals surface area contributed by atoms with Crippen LogP contribution in [0.2, 0.25) is 0 Å². The van der Waals surface area contributed by atoms with E-state index in [1.807, 2.05) is 12.1 Å². The minimum atomic E-state index is -0.318. The van der Waals surface area contributed by atoms with Crippen molar-refractivity contribution in [3.63, 3.8) is 0 Å². The number of nitro benzene ring substituents is 1. The molecule has 0 radical (unpaired) electrons. The first kappa shape index (κ1) is 13.8. The van der Waals surface area contributed by atoms with Crippen LogP contribution in [0.15, 0.2) is 48.5 Å². The van der Waals surface area contributed by atoms with Crippen LogP contribution >= 0.6 is 0 Å². The van der Waals surface area contributed by atoms with Crippen molar-refractivity contribution in [3.8, 4) is 0 Å². The summed E-state index contributed by atoms with van der Waals surface area (Å²) in [5, 5.41) is 10.9. The molecule has 2 aromatic rings. The van der Waals surface area contributed by atoms with Gasteiger partial charge >= 0.3 is 0 Å². The van der Waals surface area contributed by atoms with Crippen LogP contribution in [0.4, 0.5) is 5.69 Å². The van der Waals surface area contributed by atoms with Crippen LogP contribution in [0.3, 0.4) is 0 Å². The van der Waals surface area contributed by atoms with Crippen LogP contribution in [0.25, 0.3) is 0 Å². The van der Waals surface area contributed by atoms with Crippen molar-refractivity contribution >= 4 is 5.69 Å². The molecule has 21 heavy (non-hydrogen) atoms. The summed E-state index contributed by atoms with van der Waals surface area (Å²) >= 11 is 0. The summed E-state index contributed by atoms with van der Waals surface area (Å²) in [7, 11) is 2.12. The van der Waals surface area contributed by atoms with E-state index in [1.54, 1.807) is 12.1 Å². The van der Waals surface area contributed by atoms with Gasteiger partial charge < -0.3 is 0 Å². The first-order chi connectivity index (χ1) is 10.1. The first-order valence-electron chi connectivity index (χ1n) is 7.14. The Kier molecular flexibility index (Phi) is 3.71. The van der Waals surface area contributed by atoms with Gasteiger partial charge in [0.05, 0.1) is 4.92 Å². The first-order valence-corrected chi connectivity index (χ1v) is 7.14. The molecule has 0 aliphatic heterocycles. The van der Waals surface area contributed by atoms with E-state index in [2.05, 4.69) is 36.2 Å². The summed E-state index contributed by atoms with van der Waals surface area (Å²) in [6, 6.07) is 16.0. The molecule has 1 aliphatic rings. The Bertz CT molecular complexity index is 655. The largest absolute Gasteiger partial charge is 0.299 e. The average Bonchev–Trinajstić information content (AvgIpc) is 2.91. The highest BCUT2D eigenvalue weighted by Gasteiger charge is 2.26. The number of likely N-dealkylation sites (N-methyl/N-ethyl adjacent to an activating group) is 1. The number of rotatable bonds is 4. The number of benzene rings is 2. The molecule has 1 atom stereocenters. The highest BCUT2D eigenvalue weighted by atomic mass is 16.6. The molecule has 0 heterocycles. The van der Waals surface area contributed by atoms with E-state index in [-0.39, 0.29) is 10.6 Å². The summed E-state index contributed by atoms with van der Waals surface area (Å²) in [4.78, 5) is 12.9. The molecule has 1 aliphatic carbocycles. The zero-order chi connectivity index (χ0) is 14.8. The minimum Gasteiger partial charge on any atom is -0.299 e. The monoisotopic (exact) mass is 282 g/mol. The summed E-state index contributed by atoms with van der Waals surface area (Å²) in [5.41, 5.74) is 3.85. The predicted molar refractivity (Wildman–Crippen MR) is 82.2 cm³/mol. The fourth-order valence-electron chi connectivity index (χ4n) is 3.01. The van der Waals surface area contributed by atoms with Gasteiger partial charge in [-0.2, -0.15) is 0 Å². The van der Waals surface area contributed by atoms with Crippen LogP contribution in [-0.4, -0.2) is 22.9 Å². The Morgan fingerprint density at radius 2 is 1.86 bits per heavy atom. The van der Waals surface area contributed by atoms with Gasteiger partial charge in [-0.1, -0.05) is 36.4 Å². The number of hydrogen-bond acceptors (Lipinski definition) is 3. The molecule has 0 saturated carbocycles. The SMILES string of the molecule is CN(Cc1ccccc1)C1Cc2ccc([N+](=O)[O-])cc2C1. The van der Waals surface area contributed by atoms with Crippen molar-refractivity contribution in [2.24, 2.45) is 0 Å². The molecule has 0 fully saturated rings. The topological polar surface area (TPSA) is 46.4 Å². The number of nitro groups is 1. The van der Waals surface area contributed by atoms with E-state index in [1.165, 1.54) is 11.1 Å². The molecule has 0 amide bonds. The van der Waals surface area contributed by atoms with Crippen LogP contribution in [0.1, 0.15) is 16.7 Å². The smallest absolute Gasteiger partial charge is 0.269 e. The second-order valence-corrected chi connectivity index (χ2v) is 5.67. The lowest BCUT2D eigenvalue weighted by Gasteiger charge is -2.24. The quantitative estimate of drug-likeness (QED) is 0.639. The highest BCUT2D eigenvalue weighted by molar-refractivity contribution is 5.43. The second-order valence-electron chi connectivity index (χ2n) is 5.67. The number of nitrogens with zero attached hydrogens (tertiary/aromatic N) is 2. The average molecular weight is 282 g/mol. The van der Waals surface area contributed by atoms with E-state index < -0.39 is 0 Å². The van der Waals surface area contributed by atoms with Crippen LogP contribution in [0, 0.1) is 10.1 Å². The Labute approximate surface area is 124 Å². The Morgan fingerprint density at radius 3 is 2.57 bits per heavy atom. The third kappa shape index (κ3) is 2.95. The maximum atomic E-state index is 10.9. The Hall–Kier alpha value is -2.20. The normalized spacial score (nSPS) is 17.0. The van der Waals surface area contributed by atoms with E-state index in [4.69, 9.17) is 0 Å². The van der Waals surface area contributed by atoms with Crippen molar-refractivity contribution in [3.05, 3.63) is 75.3 Å². The molecule has 0 N–H and O–H groups in total. The van der Waals surface area contributed by atoms with Gasteiger partial charge in [0.1, 0.15) is 0 Å². The second kappa shape index (κ2) is 5.66. The lowest BCUT2D eigenvalue weighted by molar-refractivity contribution is -0.384. The van der Waals surface area contributed by atoms with Crippen LogP contribution in [0.5, 0.6) is 0 Å². The van der Waals surface area contributed by atoms with Crippen LogP contribution < -0.4 is 0 Å².